The molecule has 7 nitrogen and oxygen atoms in total. The number of para-hydroxylation sites is 1. The van der Waals surface area contributed by atoms with Crippen LogP contribution in [0.5, 0.6) is 0 Å². The van der Waals surface area contributed by atoms with E-state index in [2.05, 4.69) is 15.3 Å². The summed E-state index contributed by atoms with van der Waals surface area (Å²) in [7, 11) is -3.14. The highest BCUT2D eigenvalue weighted by atomic mass is 32.2. The molecule has 0 amide bonds. The van der Waals surface area contributed by atoms with Crippen molar-refractivity contribution in [1.82, 2.24) is 14.3 Å². The standard InChI is InChI=1S/C18H25N5O2S/c1-3-13-26(24,25)23-11-9-22(10-12-23)18-19-15(2)14-17(21-18)20-16-7-5-4-6-8-16/h4-8,14H,3,9-13H2,1-2H3,(H,19,20,21). The molecule has 26 heavy (non-hydrogen) atoms. The van der Waals surface area contributed by atoms with E-state index in [1.54, 1.807) is 4.31 Å². The number of sulfonamides is 1. The second-order valence-electron chi connectivity index (χ2n) is 6.39. The van der Waals surface area contributed by atoms with Gasteiger partial charge in [-0.3, -0.25) is 0 Å². The second-order valence-corrected chi connectivity index (χ2v) is 8.48. The van der Waals surface area contributed by atoms with Gasteiger partial charge in [0, 0.05) is 43.6 Å². The molecule has 3 rings (SSSR count). The molecule has 8 heteroatoms. The fourth-order valence-corrected chi connectivity index (χ4v) is 4.47. The van der Waals surface area contributed by atoms with E-state index in [1.807, 2.05) is 55.1 Å². The summed E-state index contributed by atoms with van der Waals surface area (Å²) in [5.74, 6) is 1.58. The summed E-state index contributed by atoms with van der Waals surface area (Å²) in [6, 6.07) is 11.8. The zero-order valence-corrected chi connectivity index (χ0v) is 16.0. The van der Waals surface area contributed by atoms with E-state index in [4.69, 9.17) is 0 Å². The Bertz CT molecular complexity index is 834. The summed E-state index contributed by atoms with van der Waals surface area (Å²) < 4.78 is 26.0. The van der Waals surface area contributed by atoms with Crippen LogP contribution in [0.4, 0.5) is 17.5 Å². The highest BCUT2D eigenvalue weighted by Gasteiger charge is 2.27. The molecule has 2 heterocycles. The van der Waals surface area contributed by atoms with Crippen LogP contribution in [0.25, 0.3) is 0 Å². The molecule has 140 valence electrons. The predicted octanol–water partition coefficient (Wildman–Crippen LogP) is 2.39. The van der Waals surface area contributed by atoms with Gasteiger partial charge in [0.15, 0.2) is 0 Å². The van der Waals surface area contributed by atoms with Gasteiger partial charge >= 0.3 is 0 Å². The SMILES string of the molecule is CCCS(=O)(=O)N1CCN(c2nc(C)cc(Nc3ccccc3)n2)CC1. The Morgan fingerprint density at radius 3 is 2.42 bits per heavy atom. The monoisotopic (exact) mass is 375 g/mol. The minimum atomic E-state index is -3.14. The van der Waals surface area contributed by atoms with Crippen LogP contribution in [0, 0.1) is 6.92 Å². The van der Waals surface area contributed by atoms with Crippen molar-refractivity contribution in [2.24, 2.45) is 0 Å². The molecule has 1 fully saturated rings. The Hall–Kier alpha value is -2.19. The third-order valence-corrected chi connectivity index (χ3v) is 6.34. The summed E-state index contributed by atoms with van der Waals surface area (Å²) in [4.78, 5) is 11.2. The Morgan fingerprint density at radius 2 is 1.77 bits per heavy atom. The van der Waals surface area contributed by atoms with Crippen LogP contribution in [0.2, 0.25) is 0 Å². The van der Waals surface area contributed by atoms with Gasteiger partial charge in [0.25, 0.3) is 0 Å². The fourth-order valence-electron chi connectivity index (χ4n) is 2.98. The Balaban J connectivity index is 1.70. The maximum absolute atomic E-state index is 12.2. The minimum Gasteiger partial charge on any atom is -0.340 e. The molecule has 0 atom stereocenters. The molecule has 1 aliphatic heterocycles. The van der Waals surface area contributed by atoms with E-state index >= 15 is 0 Å². The lowest BCUT2D eigenvalue weighted by molar-refractivity contribution is 0.382. The first kappa shape index (κ1) is 18.6. The van der Waals surface area contributed by atoms with E-state index < -0.39 is 10.0 Å². The molecular formula is C18H25N5O2S. The summed E-state index contributed by atoms with van der Waals surface area (Å²) in [5.41, 5.74) is 1.83. The van der Waals surface area contributed by atoms with Gasteiger partial charge in [-0.1, -0.05) is 25.1 Å². The van der Waals surface area contributed by atoms with Gasteiger partial charge in [-0.2, -0.15) is 9.29 Å². The smallest absolute Gasteiger partial charge is 0.227 e. The molecule has 0 bridgehead atoms. The van der Waals surface area contributed by atoms with Crippen LogP contribution in [0.1, 0.15) is 19.0 Å². The fraction of sp³-hybridized carbons (Fsp3) is 0.444. The number of nitrogens with one attached hydrogen (secondary N) is 1. The lowest BCUT2D eigenvalue weighted by atomic mass is 10.3. The normalized spacial score (nSPS) is 15.8. The van der Waals surface area contributed by atoms with Gasteiger partial charge in [0.2, 0.25) is 16.0 Å². The molecule has 0 unspecified atom stereocenters. The average Bonchev–Trinajstić information content (AvgIpc) is 2.62. The van der Waals surface area contributed by atoms with Gasteiger partial charge in [0.1, 0.15) is 5.82 Å². The number of nitrogens with zero attached hydrogens (tertiary/aromatic N) is 4. The molecule has 0 saturated carbocycles. The molecule has 0 spiro atoms. The first-order valence-corrected chi connectivity index (χ1v) is 10.5. The van der Waals surface area contributed by atoms with E-state index in [-0.39, 0.29) is 5.75 Å². The minimum absolute atomic E-state index is 0.207. The third-order valence-electron chi connectivity index (χ3n) is 4.27. The molecule has 1 aliphatic rings. The van der Waals surface area contributed by atoms with Crippen molar-refractivity contribution in [1.29, 1.82) is 0 Å². The van der Waals surface area contributed by atoms with E-state index in [1.165, 1.54) is 0 Å². The quantitative estimate of drug-likeness (QED) is 0.835. The van der Waals surface area contributed by atoms with Crippen molar-refractivity contribution in [3.8, 4) is 0 Å². The number of anilines is 3. The first-order chi connectivity index (χ1) is 12.5. The molecule has 1 aromatic heterocycles. The molecule has 0 aliphatic carbocycles. The van der Waals surface area contributed by atoms with Crippen LogP contribution in [0.15, 0.2) is 36.4 Å². The van der Waals surface area contributed by atoms with Crippen molar-refractivity contribution in [3.05, 3.63) is 42.1 Å². The molecular weight excluding hydrogens is 350 g/mol. The summed E-state index contributed by atoms with van der Waals surface area (Å²) in [5, 5.41) is 3.29. The number of benzene rings is 1. The maximum atomic E-state index is 12.2. The number of rotatable bonds is 6. The summed E-state index contributed by atoms with van der Waals surface area (Å²) in [6.45, 7) is 5.95. The van der Waals surface area contributed by atoms with Crippen molar-refractivity contribution in [3.63, 3.8) is 0 Å². The maximum Gasteiger partial charge on any atom is 0.227 e. The van der Waals surface area contributed by atoms with Gasteiger partial charge in [-0.25, -0.2) is 13.4 Å². The molecule has 0 radical (unpaired) electrons. The molecule has 2 aromatic rings. The third kappa shape index (κ3) is 4.50. The number of hydrogen-bond acceptors (Lipinski definition) is 6. The van der Waals surface area contributed by atoms with Crippen molar-refractivity contribution < 1.29 is 8.42 Å². The number of aromatic nitrogens is 2. The molecule has 1 aromatic carbocycles. The van der Waals surface area contributed by atoms with E-state index in [0.29, 0.717) is 38.5 Å². The average molecular weight is 375 g/mol. The van der Waals surface area contributed by atoms with Crippen LogP contribution in [0.3, 0.4) is 0 Å². The van der Waals surface area contributed by atoms with Crippen LogP contribution >= 0.6 is 0 Å². The predicted molar refractivity (Wildman–Crippen MR) is 104 cm³/mol. The summed E-state index contributed by atoms with van der Waals surface area (Å²) in [6.07, 6.45) is 0.637. The van der Waals surface area contributed by atoms with E-state index in [9.17, 15) is 8.42 Å². The zero-order chi connectivity index (χ0) is 18.6. The van der Waals surface area contributed by atoms with Crippen molar-refractivity contribution >= 4 is 27.5 Å². The van der Waals surface area contributed by atoms with Crippen molar-refractivity contribution in [2.45, 2.75) is 20.3 Å². The highest BCUT2D eigenvalue weighted by molar-refractivity contribution is 7.89. The molecule has 1 saturated heterocycles. The van der Waals surface area contributed by atoms with E-state index in [0.717, 1.165) is 17.2 Å². The van der Waals surface area contributed by atoms with Crippen LogP contribution in [-0.4, -0.2) is 54.6 Å². The second kappa shape index (κ2) is 8.01. The Kier molecular flexibility index (Phi) is 5.73. The lowest BCUT2D eigenvalue weighted by Gasteiger charge is -2.34. The Labute approximate surface area is 155 Å². The Morgan fingerprint density at radius 1 is 1.08 bits per heavy atom. The molecule has 1 N–H and O–H groups in total. The van der Waals surface area contributed by atoms with Gasteiger partial charge in [0.05, 0.1) is 5.75 Å². The topological polar surface area (TPSA) is 78.4 Å². The number of piperazine rings is 1. The highest BCUT2D eigenvalue weighted by Crippen LogP contribution is 2.20. The summed E-state index contributed by atoms with van der Waals surface area (Å²) >= 11 is 0. The first-order valence-electron chi connectivity index (χ1n) is 8.88. The number of hydrogen-bond donors (Lipinski definition) is 1. The van der Waals surface area contributed by atoms with Gasteiger partial charge < -0.3 is 10.2 Å². The lowest BCUT2D eigenvalue weighted by Crippen LogP contribution is -2.49. The van der Waals surface area contributed by atoms with Crippen molar-refractivity contribution in [2.75, 3.05) is 42.1 Å². The van der Waals surface area contributed by atoms with Gasteiger partial charge in [-0.05, 0) is 25.5 Å². The van der Waals surface area contributed by atoms with Crippen LogP contribution < -0.4 is 10.2 Å². The zero-order valence-electron chi connectivity index (χ0n) is 15.2. The van der Waals surface area contributed by atoms with Crippen LogP contribution in [-0.2, 0) is 10.0 Å². The van der Waals surface area contributed by atoms with Gasteiger partial charge in [-0.15, -0.1) is 0 Å². The largest absolute Gasteiger partial charge is 0.340 e. The number of aryl methyl sites for hydroxylation is 1.